The molecule has 0 amide bonds. The fraction of sp³-hybridized carbons (Fsp3) is 0.400. The zero-order valence-corrected chi connectivity index (χ0v) is 8.37. The molecule has 1 N–H and O–H groups in total. The molecule has 0 spiro atoms. The highest BCUT2D eigenvalue weighted by molar-refractivity contribution is 5.52. The molecule has 0 saturated carbocycles. The van der Waals surface area contributed by atoms with Crippen molar-refractivity contribution >= 4 is 5.82 Å². The Hall–Kier alpha value is -1.60. The SMILES string of the molecule is COCCNc1nc(C)ccc1C#N. The minimum absolute atomic E-state index is 0.562. The first kappa shape index (κ1) is 10.5. The minimum atomic E-state index is 0.562. The Morgan fingerprint density at radius 2 is 2.36 bits per heavy atom. The molecule has 74 valence electrons. The summed E-state index contributed by atoms with van der Waals surface area (Å²) >= 11 is 0. The highest BCUT2D eigenvalue weighted by Crippen LogP contribution is 2.11. The molecule has 0 aliphatic carbocycles. The van der Waals surface area contributed by atoms with Gasteiger partial charge in [0.05, 0.1) is 12.2 Å². The van der Waals surface area contributed by atoms with E-state index >= 15 is 0 Å². The van der Waals surface area contributed by atoms with Gasteiger partial charge in [-0.05, 0) is 19.1 Å². The van der Waals surface area contributed by atoms with Gasteiger partial charge in [0.2, 0.25) is 0 Å². The largest absolute Gasteiger partial charge is 0.383 e. The predicted octanol–water partition coefficient (Wildman–Crippen LogP) is 1.32. The van der Waals surface area contributed by atoms with Crippen molar-refractivity contribution in [2.75, 3.05) is 25.6 Å². The van der Waals surface area contributed by atoms with E-state index in [0.29, 0.717) is 24.5 Å². The van der Waals surface area contributed by atoms with Crippen molar-refractivity contribution < 1.29 is 4.74 Å². The summed E-state index contributed by atoms with van der Waals surface area (Å²) in [6, 6.07) is 5.66. The summed E-state index contributed by atoms with van der Waals surface area (Å²) < 4.78 is 4.89. The molecular formula is C10H13N3O. The van der Waals surface area contributed by atoms with Gasteiger partial charge < -0.3 is 10.1 Å². The van der Waals surface area contributed by atoms with Crippen LogP contribution < -0.4 is 5.32 Å². The first-order chi connectivity index (χ1) is 6.77. The summed E-state index contributed by atoms with van der Waals surface area (Å²) in [6.07, 6.45) is 0. The van der Waals surface area contributed by atoms with Gasteiger partial charge in [0.25, 0.3) is 0 Å². The van der Waals surface area contributed by atoms with Gasteiger partial charge in [0.15, 0.2) is 0 Å². The lowest BCUT2D eigenvalue weighted by molar-refractivity contribution is 0.210. The molecular weight excluding hydrogens is 178 g/mol. The fourth-order valence-electron chi connectivity index (χ4n) is 1.05. The smallest absolute Gasteiger partial charge is 0.144 e. The molecule has 1 aromatic heterocycles. The third-order valence-electron chi connectivity index (χ3n) is 1.75. The maximum atomic E-state index is 8.80. The number of nitrogens with zero attached hydrogens (tertiary/aromatic N) is 2. The van der Waals surface area contributed by atoms with E-state index < -0.39 is 0 Å². The Morgan fingerprint density at radius 1 is 1.57 bits per heavy atom. The van der Waals surface area contributed by atoms with Gasteiger partial charge in [-0.25, -0.2) is 4.98 Å². The minimum Gasteiger partial charge on any atom is -0.383 e. The van der Waals surface area contributed by atoms with E-state index in [1.54, 1.807) is 13.2 Å². The second-order valence-corrected chi connectivity index (χ2v) is 2.88. The number of rotatable bonds is 4. The van der Waals surface area contributed by atoms with Crippen molar-refractivity contribution in [3.05, 3.63) is 23.4 Å². The van der Waals surface area contributed by atoms with Crippen molar-refractivity contribution in [1.82, 2.24) is 4.98 Å². The van der Waals surface area contributed by atoms with Gasteiger partial charge in [-0.2, -0.15) is 5.26 Å². The number of hydrogen-bond donors (Lipinski definition) is 1. The van der Waals surface area contributed by atoms with Crippen molar-refractivity contribution in [3.63, 3.8) is 0 Å². The van der Waals surface area contributed by atoms with Crippen LogP contribution in [0.5, 0.6) is 0 Å². The monoisotopic (exact) mass is 191 g/mol. The first-order valence-corrected chi connectivity index (χ1v) is 4.38. The van der Waals surface area contributed by atoms with Gasteiger partial charge in [-0.1, -0.05) is 0 Å². The molecule has 0 aliphatic rings. The Morgan fingerprint density at radius 3 is 3.00 bits per heavy atom. The fourth-order valence-corrected chi connectivity index (χ4v) is 1.05. The van der Waals surface area contributed by atoms with E-state index in [2.05, 4.69) is 16.4 Å². The molecule has 4 nitrogen and oxygen atoms in total. The normalized spacial score (nSPS) is 9.50. The maximum absolute atomic E-state index is 8.80. The highest BCUT2D eigenvalue weighted by Gasteiger charge is 2.02. The number of hydrogen-bond acceptors (Lipinski definition) is 4. The van der Waals surface area contributed by atoms with Crippen LogP contribution in [0, 0.1) is 18.3 Å². The van der Waals surface area contributed by atoms with Crippen molar-refractivity contribution in [3.8, 4) is 6.07 Å². The van der Waals surface area contributed by atoms with E-state index in [-0.39, 0.29) is 0 Å². The molecule has 0 saturated heterocycles. The summed E-state index contributed by atoms with van der Waals surface area (Å²) in [5, 5.41) is 11.9. The third kappa shape index (κ3) is 2.71. The lowest BCUT2D eigenvalue weighted by Gasteiger charge is -2.06. The molecule has 1 heterocycles. The second kappa shape index (κ2) is 5.20. The number of aryl methyl sites for hydroxylation is 1. The van der Waals surface area contributed by atoms with Crippen molar-refractivity contribution in [2.45, 2.75) is 6.92 Å². The number of anilines is 1. The van der Waals surface area contributed by atoms with Gasteiger partial charge in [-0.3, -0.25) is 0 Å². The molecule has 0 aliphatic heterocycles. The number of nitriles is 1. The van der Waals surface area contributed by atoms with Gasteiger partial charge in [0.1, 0.15) is 11.9 Å². The summed E-state index contributed by atoms with van der Waals surface area (Å²) in [6.45, 7) is 3.14. The van der Waals surface area contributed by atoms with Gasteiger partial charge in [0, 0.05) is 19.3 Å². The lowest BCUT2D eigenvalue weighted by Crippen LogP contribution is -2.10. The summed E-state index contributed by atoms with van der Waals surface area (Å²) in [5.41, 5.74) is 1.45. The quantitative estimate of drug-likeness (QED) is 0.729. The van der Waals surface area contributed by atoms with E-state index in [9.17, 15) is 0 Å². The molecule has 14 heavy (non-hydrogen) atoms. The van der Waals surface area contributed by atoms with E-state index in [0.717, 1.165) is 5.69 Å². The van der Waals surface area contributed by atoms with Gasteiger partial charge in [-0.15, -0.1) is 0 Å². The molecule has 0 unspecified atom stereocenters. The second-order valence-electron chi connectivity index (χ2n) is 2.88. The molecule has 0 bridgehead atoms. The predicted molar refractivity (Wildman–Crippen MR) is 54.1 cm³/mol. The third-order valence-corrected chi connectivity index (χ3v) is 1.75. The number of aromatic nitrogens is 1. The Labute approximate surface area is 83.5 Å². The van der Waals surface area contributed by atoms with Crippen LogP contribution in [0.15, 0.2) is 12.1 Å². The van der Waals surface area contributed by atoms with E-state index in [1.807, 2.05) is 13.0 Å². The van der Waals surface area contributed by atoms with E-state index in [4.69, 9.17) is 10.00 Å². The van der Waals surface area contributed by atoms with Crippen LogP contribution >= 0.6 is 0 Å². The van der Waals surface area contributed by atoms with Crippen LogP contribution in [0.4, 0.5) is 5.82 Å². The number of nitrogens with one attached hydrogen (secondary N) is 1. The van der Waals surface area contributed by atoms with Crippen LogP contribution in [0.25, 0.3) is 0 Å². The molecule has 0 atom stereocenters. The molecule has 0 fully saturated rings. The summed E-state index contributed by atoms with van der Waals surface area (Å²) in [5.74, 6) is 0.629. The lowest BCUT2D eigenvalue weighted by atomic mass is 10.2. The molecule has 1 rings (SSSR count). The number of methoxy groups -OCH3 is 1. The van der Waals surface area contributed by atoms with E-state index in [1.165, 1.54) is 0 Å². The van der Waals surface area contributed by atoms with Crippen LogP contribution in [-0.4, -0.2) is 25.2 Å². The van der Waals surface area contributed by atoms with Gasteiger partial charge >= 0.3 is 0 Å². The molecule has 1 aromatic rings. The first-order valence-electron chi connectivity index (χ1n) is 4.38. The zero-order chi connectivity index (χ0) is 10.4. The standard InChI is InChI=1S/C10H13N3O/c1-8-3-4-9(7-11)10(13-8)12-5-6-14-2/h3-4H,5-6H2,1-2H3,(H,12,13). The average Bonchev–Trinajstić information content (AvgIpc) is 2.19. The Bertz CT molecular complexity index is 344. The Balaban J connectivity index is 2.73. The summed E-state index contributed by atoms with van der Waals surface area (Å²) in [4.78, 5) is 4.23. The number of ether oxygens (including phenoxy) is 1. The molecule has 4 heteroatoms. The Kier molecular flexibility index (Phi) is 3.89. The molecule has 0 aromatic carbocycles. The highest BCUT2D eigenvalue weighted by atomic mass is 16.5. The van der Waals surface area contributed by atoms with Crippen molar-refractivity contribution in [1.29, 1.82) is 5.26 Å². The van der Waals surface area contributed by atoms with Crippen molar-refractivity contribution in [2.24, 2.45) is 0 Å². The summed E-state index contributed by atoms with van der Waals surface area (Å²) in [7, 11) is 1.64. The number of pyridine rings is 1. The van der Waals surface area contributed by atoms with Crippen LogP contribution in [0.3, 0.4) is 0 Å². The average molecular weight is 191 g/mol. The topological polar surface area (TPSA) is 57.9 Å². The maximum Gasteiger partial charge on any atom is 0.144 e. The van der Waals surface area contributed by atoms with Crippen LogP contribution in [0.1, 0.15) is 11.3 Å². The zero-order valence-electron chi connectivity index (χ0n) is 8.37. The van der Waals surface area contributed by atoms with Crippen LogP contribution in [0.2, 0.25) is 0 Å². The van der Waals surface area contributed by atoms with Crippen LogP contribution in [-0.2, 0) is 4.74 Å². The molecule has 0 radical (unpaired) electrons.